The summed E-state index contributed by atoms with van der Waals surface area (Å²) in [5, 5.41) is 8.47. The van der Waals surface area contributed by atoms with Crippen molar-refractivity contribution in [1.29, 1.82) is 0 Å². The first-order valence-electron chi connectivity index (χ1n) is 5.75. The zero-order valence-electron chi connectivity index (χ0n) is 10.2. The summed E-state index contributed by atoms with van der Waals surface area (Å²) in [4.78, 5) is 12.8. The summed E-state index contributed by atoms with van der Waals surface area (Å²) in [6.45, 7) is 5.14. The lowest BCUT2D eigenvalue weighted by Gasteiger charge is -2.28. The monoisotopic (exact) mass is 274 g/mol. The van der Waals surface area contributed by atoms with E-state index < -0.39 is 0 Å². The minimum Gasteiger partial charge on any atom is -0.348 e. The quantitative estimate of drug-likeness (QED) is 0.869. The molecule has 1 saturated heterocycles. The van der Waals surface area contributed by atoms with Crippen LogP contribution < -0.4 is 10.6 Å². The zero-order valence-corrected chi connectivity index (χ0v) is 11.8. The number of rotatable bonds is 2. The Morgan fingerprint density at radius 2 is 2.35 bits per heavy atom. The average Bonchev–Trinajstić information content (AvgIpc) is 2.64. The van der Waals surface area contributed by atoms with Gasteiger partial charge in [-0.3, -0.25) is 4.79 Å². The van der Waals surface area contributed by atoms with Crippen LogP contribution in [0.4, 0.5) is 0 Å². The van der Waals surface area contributed by atoms with E-state index in [-0.39, 0.29) is 18.3 Å². The van der Waals surface area contributed by atoms with Gasteiger partial charge in [-0.15, -0.1) is 23.7 Å². The molecule has 2 unspecified atom stereocenters. The molecule has 1 aliphatic heterocycles. The van der Waals surface area contributed by atoms with Crippen molar-refractivity contribution < 1.29 is 4.79 Å². The fourth-order valence-corrected chi connectivity index (χ4v) is 2.95. The van der Waals surface area contributed by atoms with E-state index in [0.717, 1.165) is 29.8 Å². The lowest BCUT2D eigenvalue weighted by Crippen LogP contribution is -2.46. The van der Waals surface area contributed by atoms with Crippen LogP contribution in [0.25, 0.3) is 0 Å². The van der Waals surface area contributed by atoms with Crippen molar-refractivity contribution in [2.45, 2.75) is 38.8 Å². The topological polar surface area (TPSA) is 41.1 Å². The number of halogens is 1. The van der Waals surface area contributed by atoms with Crippen LogP contribution in [0.3, 0.4) is 0 Å². The number of carbonyl (C=O) groups is 1. The van der Waals surface area contributed by atoms with Gasteiger partial charge in [-0.05, 0) is 50.2 Å². The molecule has 0 radical (unpaired) electrons. The van der Waals surface area contributed by atoms with Crippen molar-refractivity contribution in [3.8, 4) is 0 Å². The summed E-state index contributed by atoms with van der Waals surface area (Å²) in [5.41, 5.74) is 1.07. The van der Waals surface area contributed by atoms with Crippen molar-refractivity contribution in [2.75, 3.05) is 6.54 Å². The number of thiophene rings is 1. The highest BCUT2D eigenvalue weighted by molar-refractivity contribution is 7.12. The number of carbonyl (C=O) groups excluding carboxylic acids is 1. The van der Waals surface area contributed by atoms with Crippen LogP contribution in [0.1, 0.15) is 35.0 Å². The molecule has 2 heterocycles. The zero-order chi connectivity index (χ0) is 11.5. The average molecular weight is 275 g/mol. The number of piperidine rings is 1. The molecule has 0 aliphatic carbocycles. The number of hydrogen-bond acceptors (Lipinski definition) is 3. The predicted molar refractivity (Wildman–Crippen MR) is 74.3 cm³/mol. The second-order valence-corrected chi connectivity index (χ2v) is 5.40. The van der Waals surface area contributed by atoms with E-state index in [1.165, 1.54) is 11.3 Å². The van der Waals surface area contributed by atoms with Crippen LogP contribution in [-0.2, 0) is 0 Å². The molecule has 0 spiro atoms. The minimum atomic E-state index is 0. The van der Waals surface area contributed by atoms with Gasteiger partial charge in [0.2, 0.25) is 0 Å². The third-order valence-electron chi connectivity index (χ3n) is 3.03. The van der Waals surface area contributed by atoms with Gasteiger partial charge in [-0.2, -0.15) is 0 Å². The Kier molecular flexibility index (Phi) is 5.43. The number of hydrogen-bond donors (Lipinski definition) is 2. The fourth-order valence-electron chi connectivity index (χ4n) is 2.12. The van der Waals surface area contributed by atoms with E-state index in [2.05, 4.69) is 17.6 Å². The molecule has 1 amide bonds. The van der Waals surface area contributed by atoms with E-state index in [4.69, 9.17) is 0 Å². The summed E-state index contributed by atoms with van der Waals surface area (Å²) in [6, 6.07) is 2.82. The SMILES string of the molecule is Cc1ccsc1C(=O)NC1CCNC(C)C1.Cl. The molecule has 1 aromatic rings. The van der Waals surface area contributed by atoms with Crippen LogP contribution >= 0.6 is 23.7 Å². The first-order valence-corrected chi connectivity index (χ1v) is 6.63. The number of nitrogens with one attached hydrogen (secondary N) is 2. The van der Waals surface area contributed by atoms with Crippen molar-refractivity contribution in [3.05, 3.63) is 21.9 Å². The lowest BCUT2D eigenvalue weighted by molar-refractivity contribution is 0.0929. The lowest BCUT2D eigenvalue weighted by atomic mass is 10.0. The van der Waals surface area contributed by atoms with E-state index in [1.807, 2.05) is 18.4 Å². The van der Waals surface area contributed by atoms with Crippen LogP contribution in [-0.4, -0.2) is 24.5 Å². The van der Waals surface area contributed by atoms with Gasteiger partial charge < -0.3 is 10.6 Å². The highest BCUT2D eigenvalue weighted by Crippen LogP contribution is 2.16. The molecule has 5 heteroatoms. The maximum absolute atomic E-state index is 12.0. The molecule has 2 rings (SSSR count). The summed E-state index contributed by atoms with van der Waals surface area (Å²) < 4.78 is 0. The highest BCUT2D eigenvalue weighted by Gasteiger charge is 2.21. The molecule has 96 valence electrons. The molecule has 2 atom stereocenters. The highest BCUT2D eigenvalue weighted by atomic mass is 35.5. The predicted octanol–water partition coefficient (Wildman–Crippen LogP) is 2.35. The molecule has 1 fully saturated rings. The standard InChI is InChI=1S/C12H18N2OS.ClH/c1-8-4-6-16-11(8)12(15)14-10-3-5-13-9(2)7-10;/h4,6,9-10,13H,3,5,7H2,1-2H3,(H,14,15);1H. The Bertz CT molecular complexity index is 380. The van der Waals surface area contributed by atoms with Crippen molar-refractivity contribution in [2.24, 2.45) is 0 Å². The molecule has 0 aromatic carbocycles. The molecule has 2 N–H and O–H groups in total. The maximum atomic E-state index is 12.0. The van der Waals surface area contributed by atoms with Gasteiger partial charge in [0.05, 0.1) is 4.88 Å². The number of amides is 1. The number of aryl methyl sites for hydroxylation is 1. The van der Waals surface area contributed by atoms with Gasteiger partial charge in [0.25, 0.3) is 5.91 Å². The Morgan fingerprint density at radius 1 is 1.59 bits per heavy atom. The first-order chi connectivity index (χ1) is 7.66. The second kappa shape index (κ2) is 6.38. The molecule has 17 heavy (non-hydrogen) atoms. The molecule has 1 aromatic heterocycles. The van der Waals surface area contributed by atoms with Gasteiger partial charge in [0.15, 0.2) is 0 Å². The van der Waals surface area contributed by atoms with Crippen molar-refractivity contribution >= 4 is 29.7 Å². The summed E-state index contributed by atoms with van der Waals surface area (Å²) in [5.74, 6) is 0.0894. The van der Waals surface area contributed by atoms with Crippen molar-refractivity contribution in [1.82, 2.24) is 10.6 Å². The van der Waals surface area contributed by atoms with E-state index in [0.29, 0.717) is 12.1 Å². The van der Waals surface area contributed by atoms with Gasteiger partial charge in [0, 0.05) is 12.1 Å². The van der Waals surface area contributed by atoms with Crippen LogP contribution in [0, 0.1) is 6.92 Å². The van der Waals surface area contributed by atoms with Crippen LogP contribution in [0.2, 0.25) is 0 Å². The molecule has 3 nitrogen and oxygen atoms in total. The van der Waals surface area contributed by atoms with Gasteiger partial charge in [-0.25, -0.2) is 0 Å². The third-order valence-corrected chi connectivity index (χ3v) is 4.04. The Balaban J connectivity index is 0.00000144. The third kappa shape index (κ3) is 3.69. The summed E-state index contributed by atoms with van der Waals surface area (Å²) in [6.07, 6.45) is 2.05. The summed E-state index contributed by atoms with van der Waals surface area (Å²) in [7, 11) is 0. The Hall–Kier alpha value is -0.580. The second-order valence-electron chi connectivity index (χ2n) is 4.48. The maximum Gasteiger partial charge on any atom is 0.261 e. The van der Waals surface area contributed by atoms with E-state index >= 15 is 0 Å². The smallest absolute Gasteiger partial charge is 0.261 e. The van der Waals surface area contributed by atoms with Gasteiger partial charge in [-0.1, -0.05) is 0 Å². The van der Waals surface area contributed by atoms with Crippen LogP contribution in [0.15, 0.2) is 11.4 Å². The van der Waals surface area contributed by atoms with Gasteiger partial charge in [0.1, 0.15) is 0 Å². The normalized spacial score (nSPS) is 23.9. The van der Waals surface area contributed by atoms with Crippen molar-refractivity contribution in [3.63, 3.8) is 0 Å². The molecule has 0 saturated carbocycles. The fraction of sp³-hybridized carbons (Fsp3) is 0.583. The van der Waals surface area contributed by atoms with E-state index in [9.17, 15) is 4.79 Å². The first kappa shape index (κ1) is 14.5. The molecule has 0 bridgehead atoms. The Labute approximate surface area is 112 Å². The molecular weight excluding hydrogens is 256 g/mol. The van der Waals surface area contributed by atoms with Crippen LogP contribution in [0.5, 0.6) is 0 Å². The largest absolute Gasteiger partial charge is 0.348 e. The van der Waals surface area contributed by atoms with Gasteiger partial charge >= 0.3 is 0 Å². The Morgan fingerprint density at radius 3 is 2.94 bits per heavy atom. The molecular formula is C12H19ClN2OS. The summed E-state index contributed by atoms with van der Waals surface area (Å²) >= 11 is 1.52. The molecule has 1 aliphatic rings. The minimum absolute atomic E-state index is 0. The van der Waals surface area contributed by atoms with E-state index in [1.54, 1.807) is 0 Å².